The fraction of sp³-hybridized carbons (Fsp3) is 0.382. The van der Waals surface area contributed by atoms with E-state index in [0.717, 1.165) is 42.6 Å². The van der Waals surface area contributed by atoms with Crippen LogP contribution in [0.5, 0.6) is 0 Å². The van der Waals surface area contributed by atoms with E-state index in [1.54, 1.807) is 9.80 Å². The van der Waals surface area contributed by atoms with Crippen molar-refractivity contribution >= 4 is 40.5 Å². The van der Waals surface area contributed by atoms with Crippen molar-refractivity contribution in [2.75, 3.05) is 37.4 Å². The van der Waals surface area contributed by atoms with Crippen molar-refractivity contribution < 1.29 is 22.8 Å². The Labute approximate surface area is 267 Å². The molecule has 7 nitrogen and oxygen atoms in total. The summed E-state index contributed by atoms with van der Waals surface area (Å²) in [5.41, 5.74) is 1.17. The molecule has 1 saturated carbocycles. The van der Waals surface area contributed by atoms with E-state index in [1.807, 2.05) is 73.6 Å². The molecule has 45 heavy (non-hydrogen) atoms. The molecule has 3 aromatic carbocycles. The molecule has 1 saturated heterocycles. The summed E-state index contributed by atoms with van der Waals surface area (Å²) in [5, 5.41) is 6.78. The van der Waals surface area contributed by atoms with E-state index < -0.39 is 17.3 Å². The molecule has 2 aliphatic rings. The highest BCUT2D eigenvalue weighted by molar-refractivity contribution is 7.80. The van der Waals surface area contributed by atoms with Gasteiger partial charge in [-0.15, -0.1) is 0 Å². The molecule has 0 radical (unpaired) electrons. The van der Waals surface area contributed by atoms with Gasteiger partial charge in [0.15, 0.2) is 5.11 Å². The summed E-state index contributed by atoms with van der Waals surface area (Å²) in [7, 11) is 3.86. The monoisotopic (exact) mass is 637 g/mol. The SMILES string of the molecule is CN(C)c1ccc(NC(=O)C2(N(Cc3ccc(C(F)(F)F)cc3)C(=O)CN3C[C@@H](c4ccccc4)NC3=S)CCCCC2)cc1. The highest BCUT2D eigenvalue weighted by Gasteiger charge is 2.47. The number of nitrogens with zero attached hydrogens (tertiary/aromatic N) is 3. The summed E-state index contributed by atoms with van der Waals surface area (Å²) in [4.78, 5) is 33.9. The average molecular weight is 638 g/mol. The third-order valence-corrected chi connectivity index (χ3v) is 9.08. The Kier molecular flexibility index (Phi) is 9.67. The maximum atomic E-state index is 14.3. The Morgan fingerprint density at radius 3 is 2.20 bits per heavy atom. The van der Waals surface area contributed by atoms with Crippen LogP contribution in [0.15, 0.2) is 78.9 Å². The first-order chi connectivity index (χ1) is 21.5. The van der Waals surface area contributed by atoms with Crippen LogP contribution in [-0.2, 0) is 22.3 Å². The van der Waals surface area contributed by atoms with Crippen LogP contribution in [0.25, 0.3) is 0 Å². The zero-order chi connectivity index (χ0) is 32.2. The van der Waals surface area contributed by atoms with Gasteiger partial charge in [-0.05, 0) is 72.6 Å². The standard InChI is InChI=1S/C34H38F3N5O2S/c1-40(2)28-17-15-27(16-18-28)38-31(44)33(19-7-4-8-20-33)42(21-24-11-13-26(14-12-24)34(35,36)37)30(43)23-41-22-29(39-32(41)45)25-9-5-3-6-10-25/h3,5-6,9-18,29H,4,7-8,19-23H2,1-2H3,(H,38,44)(H,39,45)/t29-/m0/s1. The largest absolute Gasteiger partial charge is 0.416 e. The molecule has 0 unspecified atom stereocenters. The molecule has 1 aliphatic carbocycles. The number of rotatable bonds is 9. The van der Waals surface area contributed by atoms with E-state index in [9.17, 15) is 22.8 Å². The molecule has 2 amide bonds. The number of amides is 2. The van der Waals surface area contributed by atoms with Crippen LogP contribution < -0.4 is 15.5 Å². The van der Waals surface area contributed by atoms with Crippen molar-refractivity contribution in [1.82, 2.24) is 15.1 Å². The molecule has 0 bridgehead atoms. The lowest BCUT2D eigenvalue weighted by Crippen LogP contribution is -2.61. The number of carbonyl (C=O) groups excluding carboxylic acids is 2. The van der Waals surface area contributed by atoms with Gasteiger partial charge in [0.2, 0.25) is 11.8 Å². The first-order valence-corrected chi connectivity index (χ1v) is 15.5. The van der Waals surface area contributed by atoms with Gasteiger partial charge in [-0.3, -0.25) is 9.59 Å². The zero-order valence-corrected chi connectivity index (χ0v) is 26.3. The van der Waals surface area contributed by atoms with Crippen molar-refractivity contribution in [3.8, 4) is 0 Å². The molecule has 0 spiro atoms. The van der Waals surface area contributed by atoms with Crippen molar-refractivity contribution in [2.45, 2.75) is 56.4 Å². The van der Waals surface area contributed by atoms with Gasteiger partial charge < -0.3 is 25.3 Å². The third kappa shape index (κ3) is 7.41. The van der Waals surface area contributed by atoms with Crippen LogP contribution in [0.1, 0.15) is 54.8 Å². The maximum Gasteiger partial charge on any atom is 0.416 e. The third-order valence-electron chi connectivity index (χ3n) is 8.70. The smallest absolute Gasteiger partial charge is 0.378 e. The van der Waals surface area contributed by atoms with E-state index >= 15 is 0 Å². The van der Waals surface area contributed by atoms with Gasteiger partial charge in [0.1, 0.15) is 5.54 Å². The van der Waals surface area contributed by atoms with Crippen LogP contribution in [0.4, 0.5) is 24.5 Å². The maximum absolute atomic E-state index is 14.3. The summed E-state index contributed by atoms with van der Waals surface area (Å²) in [6, 6.07) is 22.0. The van der Waals surface area contributed by atoms with E-state index in [4.69, 9.17) is 12.2 Å². The van der Waals surface area contributed by atoms with Gasteiger partial charge >= 0.3 is 6.18 Å². The van der Waals surface area contributed by atoms with Crippen LogP contribution in [-0.4, -0.2) is 59.5 Å². The normalized spacial score (nSPS) is 17.8. The minimum atomic E-state index is -4.48. The second-order valence-corrected chi connectivity index (χ2v) is 12.3. The molecule has 1 atom stereocenters. The van der Waals surface area contributed by atoms with Crippen LogP contribution in [0.3, 0.4) is 0 Å². The predicted molar refractivity (Wildman–Crippen MR) is 174 cm³/mol. The fourth-order valence-electron chi connectivity index (χ4n) is 6.15. The first-order valence-electron chi connectivity index (χ1n) is 15.1. The second-order valence-electron chi connectivity index (χ2n) is 12.0. The highest BCUT2D eigenvalue weighted by atomic mass is 32.1. The average Bonchev–Trinajstić information content (AvgIpc) is 3.40. The quantitative estimate of drug-likeness (QED) is 0.266. The van der Waals surface area contributed by atoms with Crippen molar-refractivity contribution in [3.05, 3.63) is 95.6 Å². The fourth-order valence-corrected chi connectivity index (χ4v) is 6.44. The number of benzene rings is 3. The Balaban J connectivity index is 1.44. The van der Waals surface area contributed by atoms with Gasteiger partial charge in [-0.25, -0.2) is 0 Å². The van der Waals surface area contributed by atoms with Gasteiger partial charge in [0, 0.05) is 38.6 Å². The molecule has 2 fully saturated rings. The van der Waals surface area contributed by atoms with Gasteiger partial charge in [-0.1, -0.05) is 61.7 Å². The molecule has 1 heterocycles. The minimum absolute atomic E-state index is 0.0138. The summed E-state index contributed by atoms with van der Waals surface area (Å²) < 4.78 is 40.0. The number of hydrogen-bond donors (Lipinski definition) is 2. The van der Waals surface area contributed by atoms with E-state index in [2.05, 4.69) is 10.6 Å². The van der Waals surface area contributed by atoms with Gasteiger partial charge in [-0.2, -0.15) is 13.2 Å². The topological polar surface area (TPSA) is 67.9 Å². The molecule has 3 aromatic rings. The Morgan fingerprint density at radius 1 is 0.956 bits per heavy atom. The van der Waals surface area contributed by atoms with Crippen LogP contribution in [0, 0.1) is 0 Å². The molecule has 11 heteroatoms. The molecule has 1 aliphatic heterocycles. The predicted octanol–water partition coefficient (Wildman–Crippen LogP) is 6.37. The number of hydrogen-bond acceptors (Lipinski definition) is 4. The Bertz CT molecular complexity index is 1490. The molecular formula is C34H38F3N5O2S. The zero-order valence-electron chi connectivity index (χ0n) is 25.4. The molecule has 5 rings (SSSR count). The molecular weight excluding hydrogens is 599 g/mol. The number of halogens is 3. The minimum Gasteiger partial charge on any atom is -0.378 e. The summed E-state index contributed by atoms with van der Waals surface area (Å²) in [6.07, 6.45) is -1.19. The van der Waals surface area contributed by atoms with E-state index in [-0.39, 0.29) is 30.9 Å². The number of carbonyl (C=O) groups is 2. The number of anilines is 2. The molecule has 238 valence electrons. The van der Waals surface area contributed by atoms with Crippen molar-refractivity contribution in [2.24, 2.45) is 0 Å². The number of alkyl halides is 3. The molecule has 2 N–H and O–H groups in total. The van der Waals surface area contributed by atoms with E-state index in [0.29, 0.717) is 35.7 Å². The summed E-state index contributed by atoms with van der Waals surface area (Å²) >= 11 is 5.61. The Morgan fingerprint density at radius 2 is 1.60 bits per heavy atom. The number of thiocarbonyl (C=S) groups is 1. The first kappa shape index (κ1) is 32.3. The van der Waals surface area contributed by atoms with Crippen LogP contribution >= 0.6 is 12.2 Å². The van der Waals surface area contributed by atoms with Crippen molar-refractivity contribution in [1.29, 1.82) is 0 Å². The summed E-state index contributed by atoms with van der Waals surface area (Å²) in [6.45, 7) is 0.391. The second kappa shape index (κ2) is 13.5. The Hall–Kier alpha value is -4.12. The van der Waals surface area contributed by atoms with Crippen LogP contribution in [0.2, 0.25) is 0 Å². The number of nitrogens with one attached hydrogen (secondary N) is 2. The lowest BCUT2D eigenvalue weighted by atomic mass is 9.78. The summed E-state index contributed by atoms with van der Waals surface area (Å²) in [5.74, 6) is -0.614. The molecule has 0 aromatic heterocycles. The van der Waals surface area contributed by atoms with E-state index in [1.165, 1.54) is 12.1 Å². The lowest BCUT2D eigenvalue weighted by molar-refractivity contribution is -0.149. The van der Waals surface area contributed by atoms with Gasteiger partial charge in [0.05, 0.1) is 18.2 Å². The lowest BCUT2D eigenvalue weighted by Gasteiger charge is -2.45. The highest BCUT2D eigenvalue weighted by Crippen LogP contribution is 2.37. The van der Waals surface area contributed by atoms with Crippen molar-refractivity contribution in [3.63, 3.8) is 0 Å². The van der Waals surface area contributed by atoms with Gasteiger partial charge in [0.25, 0.3) is 0 Å².